The summed E-state index contributed by atoms with van der Waals surface area (Å²) in [7, 11) is 0. The van der Waals surface area contributed by atoms with Crippen molar-refractivity contribution in [2.75, 3.05) is 120 Å². The van der Waals surface area contributed by atoms with Crippen LogP contribution in [0.15, 0.2) is 36.7 Å². The number of nitrogens with two attached hydrogens (primary N) is 2. The zero-order chi connectivity index (χ0) is 49.3. The van der Waals surface area contributed by atoms with E-state index in [-0.39, 0.29) is 55.1 Å². The van der Waals surface area contributed by atoms with Gasteiger partial charge in [0.15, 0.2) is 0 Å². The van der Waals surface area contributed by atoms with Crippen LogP contribution in [0.5, 0.6) is 5.75 Å². The van der Waals surface area contributed by atoms with E-state index in [1.54, 1.807) is 46.0 Å². The second kappa shape index (κ2) is 27.6. The lowest BCUT2D eigenvalue weighted by molar-refractivity contribution is -0.137. The van der Waals surface area contributed by atoms with E-state index in [0.29, 0.717) is 134 Å². The number of ether oxygens (including phenoxy) is 3. The monoisotopic (exact) mass is 994 g/mol. The lowest BCUT2D eigenvalue weighted by Crippen LogP contribution is -3.00. The molecule has 6 rings (SSSR count). The summed E-state index contributed by atoms with van der Waals surface area (Å²) >= 11 is 0. The Labute approximate surface area is 416 Å². The number of hydrogen-bond acceptors (Lipinski definition) is 19. The number of aromatic hydroxyl groups is 1. The van der Waals surface area contributed by atoms with Crippen molar-refractivity contribution < 1.29 is 46.4 Å². The van der Waals surface area contributed by atoms with Gasteiger partial charge in [0.25, 0.3) is 0 Å². The van der Waals surface area contributed by atoms with Gasteiger partial charge in [-0.25, -0.2) is 9.36 Å². The Kier molecular flexibility index (Phi) is 21.8. The molecule has 2 aliphatic heterocycles. The van der Waals surface area contributed by atoms with Crippen LogP contribution in [0.2, 0.25) is 0 Å². The SMILES string of the molecule is C#CCOCCOCCOCCNc1nc(N2CCN(C(=O)[C@H]([C@@H](C)CC)n3cc([C@@H](N)CO)nn3)CC2)nc(N2CCN(C(=O)[C@H](Cc3ccc(O)cc3)n3cc([C@@H](N)CC(C)C)nn3)CC2)n1.[Cl-]. The molecule has 2 amide bonds. The van der Waals surface area contributed by atoms with Gasteiger partial charge in [0.2, 0.25) is 29.7 Å². The largest absolute Gasteiger partial charge is 1.00 e. The van der Waals surface area contributed by atoms with Crippen LogP contribution in [-0.2, 0) is 30.2 Å². The fraction of sp³-hybridized carbons (Fsp3) is 0.630. The van der Waals surface area contributed by atoms with Crippen molar-refractivity contribution in [2.45, 2.75) is 71.1 Å². The third-order valence-electron chi connectivity index (χ3n) is 12.2. The number of nitrogens with one attached hydrogen (secondary N) is 1. The Morgan fingerprint density at radius 3 is 1.89 bits per heavy atom. The topological polar surface area (TPSA) is 279 Å². The minimum atomic E-state index is -0.695. The summed E-state index contributed by atoms with van der Waals surface area (Å²) in [5.41, 5.74) is 14.4. The van der Waals surface area contributed by atoms with Crippen LogP contribution < -0.4 is 39.0 Å². The van der Waals surface area contributed by atoms with Gasteiger partial charge in [-0.1, -0.05) is 62.6 Å². The average Bonchev–Trinajstić information content (AvgIpc) is 4.06. The molecule has 5 heterocycles. The molecule has 0 radical (unpaired) electrons. The number of aromatic nitrogens is 9. The summed E-state index contributed by atoms with van der Waals surface area (Å²) in [6, 6.07) is 4.52. The maximum Gasteiger partial charge on any atom is 0.247 e. The van der Waals surface area contributed by atoms with E-state index in [1.807, 2.05) is 33.4 Å². The Hall–Kier alpha value is -5.74. The maximum atomic E-state index is 14.5. The highest BCUT2D eigenvalue weighted by atomic mass is 35.5. The van der Waals surface area contributed by atoms with Crippen molar-refractivity contribution in [1.29, 1.82) is 0 Å². The van der Waals surface area contributed by atoms with Crippen LogP contribution in [-0.4, -0.2) is 182 Å². The van der Waals surface area contributed by atoms with Gasteiger partial charge in [-0.3, -0.25) is 9.59 Å². The Balaban J connectivity index is 0.00000913. The molecule has 5 atom stereocenters. The number of hydrogen-bond donors (Lipinski definition) is 5. The molecule has 384 valence electrons. The number of amides is 2. The van der Waals surface area contributed by atoms with Gasteiger partial charge in [0, 0.05) is 65.3 Å². The number of carbonyl (C=O) groups is 2. The van der Waals surface area contributed by atoms with Crippen LogP contribution >= 0.6 is 0 Å². The Morgan fingerprint density at radius 1 is 0.771 bits per heavy atom. The minimum absolute atomic E-state index is 0. The molecule has 0 unspecified atom stereocenters. The maximum absolute atomic E-state index is 14.5. The van der Waals surface area contributed by atoms with Crippen molar-refractivity contribution in [1.82, 2.24) is 54.7 Å². The number of rotatable bonds is 26. The zero-order valence-electron chi connectivity index (χ0n) is 40.7. The van der Waals surface area contributed by atoms with Gasteiger partial charge < -0.3 is 73.2 Å². The molecule has 2 aliphatic rings. The molecule has 24 heteroatoms. The van der Waals surface area contributed by atoms with Gasteiger partial charge in [-0.05, 0) is 36.0 Å². The van der Waals surface area contributed by atoms with Crippen LogP contribution in [0.1, 0.15) is 81.7 Å². The molecular weight excluding hydrogens is 924 g/mol. The first kappa shape index (κ1) is 55.2. The Bertz CT molecular complexity index is 2250. The highest BCUT2D eigenvalue weighted by Crippen LogP contribution is 2.27. The molecule has 0 spiro atoms. The minimum Gasteiger partial charge on any atom is -1.00 e. The predicted molar refractivity (Wildman–Crippen MR) is 257 cm³/mol. The second-order valence-corrected chi connectivity index (χ2v) is 17.8. The summed E-state index contributed by atoms with van der Waals surface area (Å²) in [4.78, 5) is 51.0. The van der Waals surface area contributed by atoms with Gasteiger partial charge >= 0.3 is 0 Å². The van der Waals surface area contributed by atoms with Crippen molar-refractivity contribution in [3.05, 3.63) is 53.6 Å². The van der Waals surface area contributed by atoms with Gasteiger partial charge in [0.1, 0.15) is 30.1 Å². The number of benzene rings is 1. The molecule has 7 N–H and O–H groups in total. The molecule has 1 aromatic carbocycles. The Morgan fingerprint density at radius 2 is 1.31 bits per heavy atom. The van der Waals surface area contributed by atoms with Crippen molar-refractivity contribution >= 4 is 29.7 Å². The van der Waals surface area contributed by atoms with E-state index in [1.165, 1.54) is 0 Å². The summed E-state index contributed by atoms with van der Waals surface area (Å²) in [6.45, 7) is 14.1. The summed E-state index contributed by atoms with van der Waals surface area (Å²) < 4.78 is 19.7. The lowest BCUT2D eigenvalue weighted by Gasteiger charge is -2.38. The smallest absolute Gasteiger partial charge is 0.247 e. The van der Waals surface area contributed by atoms with Gasteiger partial charge in [-0.15, -0.1) is 16.6 Å². The molecular formula is C46H70ClN16O7-. The van der Waals surface area contributed by atoms with Crippen LogP contribution in [0.4, 0.5) is 17.8 Å². The molecule has 70 heavy (non-hydrogen) atoms. The van der Waals surface area contributed by atoms with E-state index in [0.717, 1.165) is 18.4 Å². The third-order valence-corrected chi connectivity index (χ3v) is 12.2. The lowest BCUT2D eigenvalue weighted by atomic mass is 9.97. The normalized spacial score (nSPS) is 16.3. The van der Waals surface area contributed by atoms with Crippen LogP contribution in [0.25, 0.3) is 0 Å². The fourth-order valence-electron chi connectivity index (χ4n) is 8.09. The zero-order valence-corrected chi connectivity index (χ0v) is 41.5. The quantitative estimate of drug-likeness (QED) is 0.0335. The van der Waals surface area contributed by atoms with Crippen LogP contribution in [0, 0.1) is 24.2 Å². The highest BCUT2D eigenvalue weighted by molar-refractivity contribution is 5.81. The molecule has 0 aliphatic carbocycles. The number of aliphatic hydroxyl groups excluding tert-OH is 1. The van der Waals surface area contributed by atoms with E-state index >= 15 is 0 Å². The van der Waals surface area contributed by atoms with Crippen molar-refractivity contribution in [3.8, 4) is 18.1 Å². The molecule has 3 aromatic heterocycles. The summed E-state index contributed by atoms with van der Waals surface area (Å²) in [5, 5.41) is 39.9. The third kappa shape index (κ3) is 15.4. The molecule has 2 saturated heterocycles. The van der Waals surface area contributed by atoms with Crippen molar-refractivity contribution in [3.63, 3.8) is 0 Å². The van der Waals surface area contributed by atoms with Gasteiger partial charge in [0.05, 0.1) is 69.8 Å². The molecule has 0 saturated carbocycles. The number of phenols is 1. The van der Waals surface area contributed by atoms with E-state index in [2.05, 4.69) is 45.7 Å². The first-order valence-electron chi connectivity index (χ1n) is 23.9. The molecule has 4 aromatic rings. The molecule has 2 fully saturated rings. The standard InChI is InChI=1S/C46H70N16O7.ClH/c1-6-21-67-23-25-69-26-24-68-22-12-49-44-50-45(52-46(51-44)60-19-15-58(16-20-60)43(66)41(33(5)7-2)62-30-39(54-56-62)37(48)31-63)59-17-13-57(14-18-59)42(65)40(28-34-8-10-35(64)11-9-34)61-29-38(53-55-61)36(47)27-32(3)4;/h1,8-11,29-30,32-33,36-37,40-41,63-64H,7,12-28,31,47-48H2,2-5H3,(H,49,50,51,52);1H/p-1/t33-,36-,37-,40-,41-;/m0./s1. The highest BCUT2D eigenvalue weighted by Gasteiger charge is 2.35. The number of piperazine rings is 2. The summed E-state index contributed by atoms with van der Waals surface area (Å²) in [6.07, 6.45) is 10.4. The molecule has 0 bridgehead atoms. The number of phenolic OH excluding ortho intramolecular Hbond substituents is 1. The number of anilines is 3. The summed E-state index contributed by atoms with van der Waals surface area (Å²) in [5.74, 6) is 3.97. The van der Waals surface area contributed by atoms with E-state index in [9.17, 15) is 19.8 Å². The number of halogens is 1. The molecule has 23 nitrogen and oxygen atoms in total. The average molecular weight is 995 g/mol. The van der Waals surface area contributed by atoms with Crippen molar-refractivity contribution in [2.24, 2.45) is 23.3 Å². The van der Waals surface area contributed by atoms with E-state index < -0.39 is 18.1 Å². The first-order valence-corrected chi connectivity index (χ1v) is 23.9. The number of carbonyl (C=O) groups excluding carboxylic acids is 2. The first-order chi connectivity index (χ1) is 33.4. The number of terminal acetylenes is 1. The van der Waals surface area contributed by atoms with Gasteiger partial charge in [-0.2, -0.15) is 15.0 Å². The number of aliphatic hydroxyl groups is 1. The number of nitrogens with zero attached hydrogens (tertiary/aromatic N) is 13. The fourth-order valence-corrected chi connectivity index (χ4v) is 8.09. The van der Waals surface area contributed by atoms with Crippen LogP contribution in [0.3, 0.4) is 0 Å². The second-order valence-electron chi connectivity index (χ2n) is 17.8. The van der Waals surface area contributed by atoms with E-state index in [4.69, 9.17) is 47.1 Å². The predicted octanol–water partition coefficient (Wildman–Crippen LogP) is -2.03.